The van der Waals surface area contributed by atoms with Gasteiger partial charge >= 0.3 is 0 Å². The third-order valence-corrected chi connectivity index (χ3v) is 4.20. The summed E-state index contributed by atoms with van der Waals surface area (Å²) in [6.45, 7) is 6.39. The Labute approximate surface area is 142 Å². The molecule has 1 aromatic heterocycles. The Morgan fingerprint density at radius 1 is 1.04 bits per heavy atom. The molecule has 0 unspecified atom stereocenters. The van der Waals surface area contributed by atoms with Gasteiger partial charge in [-0.3, -0.25) is 4.79 Å². The van der Waals surface area contributed by atoms with E-state index in [0.717, 1.165) is 28.3 Å². The second kappa shape index (κ2) is 6.71. The highest BCUT2D eigenvalue weighted by atomic mass is 16.1. The Morgan fingerprint density at radius 3 is 2.33 bits per heavy atom. The highest BCUT2D eigenvalue weighted by molar-refractivity contribution is 5.94. The maximum Gasteiger partial charge on any atom is 0.159 e. The molecule has 3 rings (SSSR count). The standard InChI is InChI=1S/C20H21N3O/c1-14-20(13-21-18-11-9-17(10-12-18)16(3)24)15(2)23(22-14)19-7-5-4-6-8-19/h4-12,21H,13H2,1-3H3. The quantitative estimate of drug-likeness (QED) is 0.713. The van der Waals surface area contributed by atoms with Crippen molar-refractivity contribution in [1.82, 2.24) is 9.78 Å². The predicted molar refractivity (Wildman–Crippen MR) is 96.8 cm³/mol. The Balaban J connectivity index is 1.78. The van der Waals surface area contributed by atoms with Crippen LogP contribution in [-0.2, 0) is 6.54 Å². The molecule has 0 aliphatic rings. The monoisotopic (exact) mass is 319 g/mol. The number of aromatic nitrogens is 2. The smallest absolute Gasteiger partial charge is 0.159 e. The van der Waals surface area contributed by atoms with Crippen molar-refractivity contribution >= 4 is 11.5 Å². The van der Waals surface area contributed by atoms with Crippen molar-refractivity contribution in [1.29, 1.82) is 0 Å². The number of benzene rings is 2. The van der Waals surface area contributed by atoms with E-state index in [1.807, 2.05) is 54.1 Å². The maximum absolute atomic E-state index is 11.3. The van der Waals surface area contributed by atoms with Crippen LogP contribution in [0, 0.1) is 13.8 Å². The molecule has 24 heavy (non-hydrogen) atoms. The van der Waals surface area contributed by atoms with Crippen molar-refractivity contribution in [3.05, 3.63) is 77.1 Å². The fraction of sp³-hybridized carbons (Fsp3) is 0.200. The molecule has 0 spiro atoms. The van der Waals surface area contributed by atoms with Crippen molar-refractivity contribution in [2.24, 2.45) is 0 Å². The van der Waals surface area contributed by atoms with Crippen LogP contribution in [0.3, 0.4) is 0 Å². The molecule has 4 heteroatoms. The fourth-order valence-electron chi connectivity index (χ4n) is 2.76. The second-order valence-corrected chi connectivity index (χ2v) is 5.88. The maximum atomic E-state index is 11.3. The molecule has 0 aliphatic carbocycles. The van der Waals surface area contributed by atoms with Gasteiger partial charge < -0.3 is 5.32 Å². The molecule has 0 atom stereocenters. The van der Waals surface area contributed by atoms with Crippen LogP contribution >= 0.6 is 0 Å². The number of hydrogen-bond acceptors (Lipinski definition) is 3. The van der Waals surface area contributed by atoms with Crippen molar-refractivity contribution in [2.75, 3.05) is 5.32 Å². The number of Topliss-reactive ketones (excluding diaryl/α,β-unsaturated/α-hetero) is 1. The van der Waals surface area contributed by atoms with Gasteiger partial charge in [-0.15, -0.1) is 0 Å². The number of para-hydroxylation sites is 1. The van der Waals surface area contributed by atoms with Crippen LogP contribution in [0.15, 0.2) is 54.6 Å². The molecular formula is C20H21N3O. The van der Waals surface area contributed by atoms with Gasteiger partial charge in [0.05, 0.1) is 11.4 Å². The number of carbonyl (C=O) groups is 1. The summed E-state index contributed by atoms with van der Waals surface area (Å²) in [5.41, 5.74) is 6.12. The first-order valence-corrected chi connectivity index (χ1v) is 8.01. The average Bonchev–Trinajstić information content (AvgIpc) is 2.88. The number of anilines is 1. The van der Waals surface area contributed by atoms with E-state index >= 15 is 0 Å². The lowest BCUT2D eigenvalue weighted by Gasteiger charge is -2.08. The number of rotatable bonds is 5. The van der Waals surface area contributed by atoms with Gasteiger partial charge in [-0.25, -0.2) is 4.68 Å². The van der Waals surface area contributed by atoms with Gasteiger partial charge in [0.2, 0.25) is 0 Å². The molecule has 1 heterocycles. The van der Waals surface area contributed by atoms with Gasteiger partial charge in [-0.1, -0.05) is 18.2 Å². The normalized spacial score (nSPS) is 10.6. The summed E-state index contributed by atoms with van der Waals surface area (Å²) in [5, 5.41) is 8.07. The van der Waals surface area contributed by atoms with Crippen LogP contribution in [0.1, 0.15) is 34.2 Å². The number of hydrogen-bond donors (Lipinski definition) is 1. The summed E-state index contributed by atoms with van der Waals surface area (Å²) < 4.78 is 1.98. The fourth-order valence-corrected chi connectivity index (χ4v) is 2.76. The number of ketones is 1. The average molecular weight is 319 g/mol. The number of nitrogens with one attached hydrogen (secondary N) is 1. The molecule has 0 radical (unpaired) electrons. The van der Waals surface area contributed by atoms with E-state index in [2.05, 4.69) is 29.5 Å². The lowest BCUT2D eigenvalue weighted by Crippen LogP contribution is -2.03. The molecule has 0 amide bonds. The van der Waals surface area contributed by atoms with E-state index in [-0.39, 0.29) is 5.78 Å². The summed E-state index contributed by atoms with van der Waals surface area (Å²) in [6, 6.07) is 17.7. The first-order chi connectivity index (χ1) is 11.6. The van der Waals surface area contributed by atoms with Crippen molar-refractivity contribution in [3.8, 4) is 5.69 Å². The predicted octanol–water partition coefficient (Wildman–Crippen LogP) is 4.30. The molecule has 0 aliphatic heterocycles. The molecule has 0 saturated heterocycles. The zero-order valence-electron chi connectivity index (χ0n) is 14.2. The molecule has 122 valence electrons. The molecule has 3 aromatic rings. The zero-order valence-corrected chi connectivity index (χ0v) is 14.2. The highest BCUT2D eigenvalue weighted by Crippen LogP contribution is 2.19. The third-order valence-electron chi connectivity index (χ3n) is 4.20. The second-order valence-electron chi connectivity index (χ2n) is 5.88. The summed E-state index contributed by atoms with van der Waals surface area (Å²) in [6.07, 6.45) is 0. The molecule has 0 saturated carbocycles. The van der Waals surface area contributed by atoms with Crippen LogP contribution in [0.2, 0.25) is 0 Å². The van der Waals surface area contributed by atoms with Crippen LogP contribution in [0.5, 0.6) is 0 Å². The first kappa shape index (κ1) is 16.0. The van der Waals surface area contributed by atoms with Gasteiger partial charge in [-0.05, 0) is 57.2 Å². The molecular weight excluding hydrogens is 298 g/mol. The third kappa shape index (κ3) is 3.23. The van der Waals surface area contributed by atoms with E-state index in [1.54, 1.807) is 6.92 Å². The zero-order chi connectivity index (χ0) is 17.1. The van der Waals surface area contributed by atoms with Gasteiger partial charge in [0.15, 0.2) is 5.78 Å². The van der Waals surface area contributed by atoms with E-state index in [9.17, 15) is 4.79 Å². The summed E-state index contributed by atoms with van der Waals surface area (Å²) in [4.78, 5) is 11.3. The Bertz CT molecular complexity index is 849. The van der Waals surface area contributed by atoms with E-state index in [1.165, 1.54) is 5.56 Å². The first-order valence-electron chi connectivity index (χ1n) is 8.01. The van der Waals surface area contributed by atoms with Gasteiger partial charge in [0.25, 0.3) is 0 Å². The van der Waals surface area contributed by atoms with Crippen LogP contribution in [0.4, 0.5) is 5.69 Å². The largest absolute Gasteiger partial charge is 0.381 e. The molecule has 0 bridgehead atoms. The minimum absolute atomic E-state index is 0.0809. The minimum Gasteiger partial charge on any atom is -0.381 e. The lowest BCUT2D eigenvalue weighted by atomic mass is 10.1. The van der Waals surface area contributed by atoms with Crippen LogP contribution in [0.25, 0.3) is 5.69 Å². The SMILES string of the molecule is CC(=O)c1ccc(NCc2c(C)nn(-c3ccccc3)c2C)cc1. The number of aryl methyl sites for hydroxylation is 1. The van der Waals surface area contributed by atoms with E-state index in [0.29, 0.717) is 6.54 Å². The molecule has 4 nitrogen and oxygen atoms in total. The highest BCUT2D eigenvalue weighted by Gasteiger charge is 2.12. The topological polar surface area (TPSA) is 46.9 Å². The van der Waals surface area contributed by atoms with Crippen LogP contribution < -0.4 is 5.32 Å². The van der Waals surface area contributed by atoms with Gasteiger partial charge in [-0.2, -0.15) is 5.10 Å². The van der Waals surface area contributed by atoms with Gasteiger partial charge in [0.1, 0.15) is 0 Å². The summed E-state index contributed by atoms with van der Waals surface area (Å²) in [7, 11) is 0. The van der Waals surface area contributed by atoms with Crippen molar-refractivity contribution in [3.63, 3.8) is 0 Å². The van der Waals surface area contributed by atoms with Crippen molar-refractivity contribution < 1.29 is 4.79 Å². The lowest BCUT2D eigenvalue weighted by molar-refractivity contribution is 0.101. The Kier molecular flexibility index (Phi) is 4.47. The van der Waals surface area contributed by atoms with E-state index in [4.69, 9.17) is 0 Å². The van der Waals surface area contributed by atoms with Crippen molar-refractivity contribution in [2.45, 2.75) is 27.3 Å². The Morgan fingerprint density at radius 2 is 1.71 bits per heavy atom. The summed E-state index contributed by atoms with van der Waals surface area (Å²) in [5.74, 6) is 0.0809. The van der Waals surface area contributed by atoms with Gasteiger partial charge in [0, 0.05) is 29.1 Å². The number of nitrogens with zero attached hydrogens (tertiary/aromatic N) is 2. The molecule has 1 N–H and O–H groups in total. The molecule has 0 fully saturated rings. The minimum atomic E-state index is 0.0809. The van der Waals surface area contributed by atoms with Crippen LogP contribution in [-0.4, -0.2) is 15.6 Å². The van der Waals surface area contributed by atoms with E-state index < -0.39 is 0 Å². The Hall–Kier alpha value is -2.88. The summed E-state index contributed by atoms with van der Waals surface area (Å²) >= 11 is 0. The molecule has 2 aromatic carbocycles. The number of carbonyl (C=O) groups excluding carboxylic acids is 1.